The van der Waals surface area contributed by atoms with Crippen molar-refractivity contribution in [3.63, 3.8) is 0 Å². The fourth-order valence-electron chi connectivity index (χ4n) is 0.848. The van der Waals surface area contributed by atoms with Crippen LogP contribution in [0.15, 0.2) is 22.7 Å². The molecule has 0 aliphatic heterocycles. The fourth-order valence-corrected chi connectivity index (χ4v) is 1.77. The van der Waals surface area contributed by atoms with Crippen LogP contribution in [0, 0.1) is 6.92 Å². The predicted molar refractivity (Wildman–Crippen MR) is 52.1 cm³/mol. The lowest BCUT2D eigenvalue weighted by Crippen LogP contribution is -1.91. The summed E-state index contributed by atoms with van der Waals surface area (Å²) in [5.41, 5.74) is 1.69. The SMILES string of the molecule is Cc1cc(Br)ccc1C(=O)Br. The highest BCUT2D eigenvalue weighted by molar-refractivity contribution is 9.18. The van der Waals surface area contributed by atoms with Crippen LogP contribution in [0.2, 0.25) is 0 Å². The number of halogens is 2. The Hall–Kier alpha value is -0.150. The molecule has 0 N–H and O–H groups in total. The average molecular weight is 278 g/mol. The first-order chi connectivity index (χ1) is 5.11. The Balaban J connectivity index is 3.20. The molecule has 0 aliphatic carbocycles. The van der Waals surface area contributed by atoms with Gasteiger partial charge in [0, 0.05) is 10.0 Å². The molecule has 0 atom stereocenters. The van der Waals surface area contributed by atoms with Crippen molar-refractivity contribution in [3.05, 3.63) is 33.8 Å². The van der Waals surface area contributed by atoms with E-state index in [0.717, 1.165) is 10.0 Å². The van der Waals surface area contributed by atoms with Gasteiger partial charge in [0.2, 0.25) is 4.69 Å². The molecule has 0 unspecified atom stereocenters. The monoisotopic (exact) mass is 276 g/mol. The van der Waals surface area contributed by atoms with Crippen LogP contribution in [0.4, 0.5) is 0 Å². The molecule has 58 valence electrons. The van der Waals surface area contributed by atoms with Crippen molar-refractivity contribution >= 4 is 36.6 Å². The minimum Gasteiger partial charge on any atom is -0.281 e. The topological polar surface area (TPSA) is 17.1 Å². The Labute approximate surface area is 82.1 Å². The lowest BCUT2D eigenvalue weighted by Gasteiger charge is -1.99. The zero-order chi connectivity index (χ0) is 8.43. The summed E-state index contributed by atoms with van der Waals surface area (Å²) in [6.07, 6.45) is 0. The van der Waals surface area contributed by atoms with Crippen LogP contribution < -0.4 is 0 Å². The van der Waals surface area contributed by atoms with Crippen LogP contribution in [-0.2, 0) is 0 Å². The highest BCUT2D eigenvalue weighted by Crippen LogP contribution is 2.17. The van der Waals surface area contributed by atoms with Gasteiger partial charge in [0.15, 0.2) is 0 Å². The van der Waals surface area contributed by atoms with Gasteiger partial charge in [-0.2, -0.15) is 0 Å². The van der Waals surface area contributed by atoms with Gasteiger partial charge in [0.25, 0.3) is 0 Å². The van der Waals surface area contributed by atoms with E-state index in [-0.39, 0.29) is 4.69 Å². The van der Waals surface area contributed by atoms with Crippen molar-refractivity contribution in [2.45, 2.75) is 6.92 Å². The molecule has 0 radical (unpaired) electrons. The van der Waals surface area contributed by atoms with Gasteiger partial charge in [0.05, 0.1) is 0 Å². The van der Waals surface area contributed by atoms with E-state index in [2.05, 4.69) is 31.9 Å². The summed E-state index contributed by atoms with van der Waals surface area (Å²) in [5.74, 6) is 0. The maximum absolute atomic E-state index is 10.9. The van der Waals surface area contributed by atoms with Gasteiger partial charge in [-0.1, -0.05) is 15.9 Å². The highest BCUT2D eigenvalue weighted by atomic mass is 79.9. The number of benzene rings is 1. The van der Waals surface area contributed by atoms with Crippen molar-refractivity contribution in [2.24, 2.45) is 0 Å². The summed E-state index contributed by atoms with van der Waals surface area (Å²) < 4.78 is 0.926. The van der Waals surface area contributed by atoms with Crippen LogP contribution in [0.3, 0.4) is 0 Å². The maximum Gasteiger partial charge on any atom is 0.228 e. The second kappa shape index (κ2) is 3.50. The van der Waals surface area contributed by atoms with E-state index in [1.165, 1.54) is 0 Å². The molecule has 0 heterocycles. The van der Waals surface area contributed by atoms with Gasteiger partial charge in [-0.3, -0.25) is 4.79 Å². The minimum atomic E-state index is -0.0671. The van der Waals surface area contributed by atoms with Crippen LogP contribution >= 0.6 is 31.9 Å². The first-order valence-electron chi connectivity index (χ1n) is 3.07. The first-order valence-corrected chi connectivity index (χ1v) is 4.66. The van der Waals surface area contributed by atoms with Crippen molar-refractivity contribution in [3.8, 4) is 0 Å². The van der Waals surface area contributed by atoms with E-state index in [9.17, 15) is 4.79 Å². The van der Waals surface area contributed by atoms with Crippen molar-refractivity contribution in [1.82, 2.24) is 0 Å². The standard InChI is InChI=1S/C8H6Br2O/c1-5-4-6(9)2-3-7(5)8(10)11/h2-4H,1H3. The normalized spacial score (nSPS) is 9.73. The molecular weight excluding hydrogens is 272 g/mol. The van der Waals surface area contributed by atoms with Gasteiger partial charge in [-0.15, -0.1) is 0 Å². The van der Waals surface area contributed by atoms with Crippen molar-refractivity contribution in [2.75, 3.05) is 0 Å². The molecule has 3 heteroatoms. The van der Waals surface area contributed by atoms with Gasteiger partial charge in [-0.05, 0) is 46.6 Å². The lowest BCUT2D eigenvalue weighted by atomic mass is 10.1. The van der Waals surface area contributed by atoms with Crippen LogP contribution in [0.5, 0.6) is 0 Å². The highest BCUT2D eigenvalue weighted by Gasteiger charge is 2.03. The number of carbonyl (C=O) groups excluding carboxylic acids is 1. The molecule has 1 aromatic rings. The number of hydrogen-bond acceptors (Lipinski definition) is 1. The molecule has 0 saturated carbocycles. The zero-order valence-corrected chi connectivity index (χ0v) is 9.07. The Kier molecular flexibility index (Phi) is 2.84. The van der Waals surface area contributed by atoms with E-state index < -0.39 is 0 Å². The number of hydrogen-bond donors (Lipinski definition) is 0. The van der Waals surface area contributed by atoms with Crippen LogP contribution in [-0.4, -0.2) is 4.69 Å². The summed E-state index contributed by atoms with van der Waals surface area (Å²) in [7, 11) is 0. The second-order valence-electron chi connectivity index (χ2n) is 2.23. The summed E-state index contributed by atoms with van der Waals surface area (Å²) in [5, 5.41) is 0. The summed E-state index contributed by atoms with van der Waals surface area (Å²) >= 11 is 6.22. The van der Waals surface area contributed by atoms with Crippen LogP contribution in [0.25, 0.3) is 0 Å². The molecular formula is C8H6Br2O. The lowest BCUT2D eigenvalue weighted by molar-refractivity contribution is 0.109. The van der Waals surface area contributed by atoms with Gasteiger partial charge >= 0.3 is 0 Å². The molecule has 0 fully saturated rings. The Bertz CT molecular complexity index is 294. The van der Waals surface area contributed by atoms with E-state index in [1.807, 2.05) is 19.1 Å². The Morgan fingerprint density at radius 2 is 2.09 bits per heavy atom. The minimum absolute atomic E-state index is 0.0671. The smallest absolute Gasteiger partial charge is 0.228 e. The maximum atomic E-state index is 10.9. The number of rotatable bonds is 1. The molecule has 1 nitrogen and oxygen atoms in total. The largest absolute Gasteiger partial charge is 0.281 e. The van der Waals surface area contributed by atoms with Crippen molar-refractivity contribution < 1.29 is 4.79 Å². The molecule has 0 spiro atoms. The first kappa shape index (κ1) is 8.94. The second-order valence-corrected chi connectivity index (χ2v) is 3.87. The third-order valence-electron chi connectivity index (χ3n) is 1.40. The molecule has 1 rings (SSSR count). The molecule has 0 aliphatic rings. The molecule has 1 aromatic carbocycles. The number of aryl methyl sites for hydroxylation is 1. The van der Waals surface area contributed by atoms with Crippen LogP contribution in [0.1, 0.15) is 15.9 Å². The van der Waals surface area contributed by atoms with Gasteiger partial charge in [-0.25, -0.2) is 0 Å². The molecule has 0 saturated heterocycles. The van der Waals surface area contributed by atoms with E-state index in [4.69, 9.17) is 0 Å². The molecule has 0 aromatic heterocycles. The summed E-state index contributed by atoms with van der Waals surface area (Å²) in [6.45, 7) is 1.90. The van der Waals surface area contributed by atoms with Gasteiger partial charge < -0.3 is 0 Å². The Morgan fingerprint density at radius 1 is 1.45 bits per heavy atom. The van der Waals surface area contributed by atoms with E-state index >= 15 is 0 Å². The number of carbonyl (C=O) groups is 1. The van der Waals surface area contributed by atoms with E-state index in [0.29, 0.717) is 5.56 Å². The molecule has 11 heavy (non-hydrogen) atoms. The summed E-state index contributed by atoms with van der Waals surface area (Å²) in [6, 6.07) is 5.55. The third-order valence-corrected chi connectivity index (χ3v) is 2.32. The third kappa shape index (κ3) is 2.14. The molecule has 0 bridgehead atoms. The predicted octanol–water partition coefficient (Wildman–Crippen LogP) is 3.29. The Morgan fingerprint density at radius 3 is 2.55 bits per heavy atom. The van der Waals surface area contributed by atoms with E-state index in [1.54, 1.807) is 6.07 Å². The quantitative estimate of drug-likeness (QED) is 0.720. The summed E-state index contributed by atoms with van der Waals surface area (Å²) in [4.78, 5) is 10.9. The fraction of sp³-hybridized carbons (Fsp3) is 0.125. The van der Waals surface area contributed by atoms with Gasteiger partial charge in [0.1, 0.15) is 0 Å². The van der Waals surface area contributed by atoms with Crippen molar-refractivity contribution in [1.29, 1.82) is 0 Å². The molecule has 0 amide bonds. The average Bonchev–Trinajstić information content (AvgIpc) is 1.85. The zero-order valence-electron chi connectivity index (χ0n) is 5.90.